The van der Waals surface area contributed by atoms with Gasteiger partial charge in [0.25, 0.3) is 0 Å². The van der Waals surface area contributed by atoms with E-state index in [1.165, 1.54) is 20.0 Å². The molecular formula is C29H23ClF4N2O6. The average molecular weight is 607 g/mol. The number of carbonyl (C=O) groups excluding carboxylic acids is 4. The van der Waals surface area contributed by atoms with Crippen LogP contribution in [0.2, 0.25) is 5.02 Å². The van der Waals surface area contributed by atoms with Gasteiger partial charge in [0.05, 0.1) is 33.9 Å². The lowest BCUT2D eigenvalue weighted by molar-refractivity contribution is -0.274. The Labute approximate surface area is 241 Å². The Kier molecular flexibility index (Phi) is 6.23. The number of amides is 4. The number of hydrogen-bond acceptors (Lipinski definition) is 6. The van der Waals surface area contributed by atoms with Gasteiger partial charge in [-0.15, -0.1) is 13.2 Å². The Morgan fingerprint density at radius 1 is 1.02 bits per heavy atom. The molecule has 2 aromatic rings. The van der Waals surface area contributed by atoms with Gasteiger partial charge in [-0.2, -0.15) is 0 Å². The minimum Gasteiger partial charge on any atom is -0.508 e. The number of hydrogen-bond donors (Lipinski definition) is 1. The zero-order chi connectivity index (χ0) is 30.5. The number of anilines is 1. The van der Waals surface area contributed by atoms with Gasteiger partial charge in [-0.25, -0.2) is 9.29 Å². The standard InChI is InChI=1S/C29H23ClF4N2O6/c1-28-18(25(39)36(27(28)41)12-3-7-20(31)19(30)9-12)11-16-14(5-6-15-22(16)26(40)35(2)24(15)38)23(28)17-10-13(4-8-21(17)37)42-29(32,33)34/h3-5,7-10,15-16,18,22-23,37H,6,11H2,1-2H3/t15-,16+,18-,22-,23+,28+/m0/s1. The van der Waals surface area contributed by atoms with E-state index in [0.717, 1.165) is 40.1 Å². The smallest absolute Gasteiger partial charge is 0.508 e. The molecule has 4 amide bonds. The van der Waals surface area contributed by atoms with Crippen molar-refractivity contribution in [3.05, 3.63) is 64.5 Å². The summed E-state index contributed by atoms with van der Waals surface area (Å²) in [5, 5.41) is 10.6. The summed E-state index contributed by atoms with van der Waals surface area (Å²) < 4.78 is 57.5. The Morgan fingerprint density at radius 2 is 1.74 bits per heavy atom. The van der Waals surface area contributed by atoms with Crippen molar-refractivity contribution in [1.29, 1.82) is 0 Å². The summed E-state index contributed by atoms with van der Waals surface area (Å²) in [7, 11) is 1.36. The maximum absolute atomic E-state index is 14.3. The number of rotatable bonds is 3. The fourth-order valence-electron chi connectivity index (χ4n) is 7.35. The van der Waals surface area contributed by atoms with E-state index in [9.17, 15) is 41.8 Å². The number of phenols is 1. The van der Waals surface area contributed by atoms with Crippen molar-refractivity contribution >= 4 is 40.9 Å². The lowest BCUT2D eigenvalue weighted by Crippen LogP contribution is -2.48. The van der Waals surface area contributed by atoms with E-state index in [0.29, 0.717) is 5.57 Å². The first-order valence-electron chi connectivity index (χ1n) is 13.1. The fourth-order valence-corrected chi connectivity index (χ4v) is 7.52. The summed E-state index contributed by atoms with van der Waals surface area (Å²) in [5.74, 6) is -8.71. The summed E-state index contributed by atoms with van der Waals surface area (Å²) in [6, 6.07) is 6.21. The molecule has 2 heterocycles. The topological polar surface area (TPSA) is 104 Å². The zero-order valence-electron chi connectivity index (χ0n) is 22.1. The van der Waals surface area contributed by atoms with Crippen molar-refractivity contribution < 1.29 is 46.6 Å². The number of halogens is 5. The summed E-state index contributed by atoms with van der Waals surface area (Å²) in [6.07, 6.45) is -3.25. The first kappa shape index (κ1) is 28.2. The van der Waals surface area contributed by atoms with Crippen LogP contribution in [0.3, 0.4) is 0 Å². The second-order valence-corrected chi connectivity index (χ2v) is 11.7. The van der Waals surface area contributed by atoms with Gasteiger partial charge in [0.15, 0.2) is 0 Å². The van der Waals surface area contributed by atoms with E-state index in [2.05, 4.69) is 4.74 Å². The molecule has 0 spiro atoms. The Balaban J connectivity index is 1.55. The van der Waals surface area contributed by atoms with E-state index < -0.39 is 76.4 Å². The molecule has 13 heteroatoms. The number of likely N-dealkylation sites (tertiary alicyclic amines) is 1. The number of imide groups is 2. The summed E-state index contributed by atoms with van der Waals surface area (Å²) >= 11 is 5.95. The monoisotopic (exact) mass is 606 g/mol. The molecule has 4 aliphatic rings. The number of alkyl halides is 3. The summed E-state index contributed by atoms with van der Waals surface area (Å²) in [4.78, 5) is 56.3. The highest BCUT2D eigenvalue weighted by Gasteiger charge is 2.67. The zero-order valence-corrected chi connectivity index (χ0v) is 22.9. The predicted octanol–water partition coefficient (Wildman–Crippen LogP) is 4.94. The molecular weight excluding hydrogens is 584 g/mol. The first-order chi connectivity index (χ1) is 19.6. The number of nitrogens with zero attached hydrogens (tertiary/aromatic N) is 2. The molecule has 0 unspecified atom stereocenters. The van der Waals surface area contributed by atoms with Gasteiger partial charge in [0.2, 0.25) is 23.6 Å². The normalized spacial score (nSPS) is 30.7. The van der Waals surface area contributed by atoms with E-state index in [-0.39, 0.29) is 35.0 Å². The van der Waals surface area contributed by atoms with Crippen molar-refractivity contribution in [2.75, 3.05) is 11.9 Å². The summed E-state index contributed by atoms with van der Waals surface area (Å²) in [5.41, 5.74) is -1.31. The minimum absolute atomic E-state index is 0.00849. The molecule has 0 aromatic heterocycles. The lowest BCUT2D eigenvalue weighted by atomic mass is 9.51. The van der Waals surface area contributed by atoms with Gasteiger partial charge in [-0.1, -0.05) is 23.3 Å². The van der Waals surface area contributed by atoms with Crippen molar-refractivity contribution in [2.45, 2.75) is 32.0 Å². The second-order valence-electron chi connectivity index (χ2n) is 11.3. The third kappa shape index (κ3) is 3.94. The first-order valence-corrected chi connectivity index (χ1v) is 13.5. The van der Waals surface area contributed by atoms with Crippen LogP contribution in [0.1, 0.15) is 31.2 Å². The van der Waals surface area contributed by atoms with Crippen LogP contribution in [0, 0.1) is 34.9 Å². The number of carbonyl (C=O) groups is 4. The third-order valence-corrected chi connectivity index (χ3v) is 9.49. The maximum atomic E-state index is 14.3. The van der Waals surface area contributed by atoms with Crippen LogP contribution >= 0.6 is 11.6 Å². The fraction of sp³-hybridized carbons (Fsp3) is 0.379. The molecule has 6 atom stereocenters. The third-order valence-electron chi connectivity index (χ3n) is 9.20. The number of phenolic OH excluding ortho intramolecular Hbond substituents is 1. The molecule has 220 valence electrons. The molecule has 0 radical (unpaired) electrons. The minimum atomic E-state index is -5.05. The quantitative estimate of drug-likeness (QED) is 0.301. The van der Waals surface area contributed by atoms with Crippen molar-refractivity contribution in [3.8, 4) is 11.5 Å². The van der Waals surface area contributed by atoms with Gasteiger partial charge in [0, 0.05) is 18.5 Å². The number of allylic oxidation sites excluding steroid dienone is 2. The molecule has 2 aliphatic carbocycles. The van der Waals surface area contributed by atoms with E-state index in [1.807, 2.05) is 0 Å². The predicted molar refractivity (Wildman–Crippen MR) is 139 cm³/mol. The van der Waals surface area contributed by atoms with Crippen molar-refractivity contribution in [3.63, 3.8) is 0 Å². The van der Waals surface area contributed by atoms with Crippen LogP contribution in [-0.2, 0) is 19.2 Å². The highest BCUT2D eigenvalue weighted by molar-refractivity contribution is 6.31. The van der Waals surface area contributed by atoms with Gasteiger partial charge < -0.3 is 9.84 Å². The van der Waals surface area contributed by atoms with Gasteiger partial charge in [0.1, 0.15) is 17.3 Å². The van der Waals surface area contributed by atoms with Crippen LogP contribution in [-0.4, -0.2) is 47.0 Å². The van der Waals surface area contributed by atoms with Gasteiger partial charge >= 0.3 is 6.36 Å². The Morgan fingerprint density at radius 3 is 2.40 bits per heavy atom. The molecule has 3 fully saturated rings. The summed E-state index contributed by atoms with van der Waals surface area (Å²) in [6.45, 7) is 1.49. The van der Waals surface area contributed by atoms with Crippen LogP contribution < -0.4 is 9.64 Å². The highest BCUT2D eigenvalue weighted by atomic mass is 35.5. The molecule has 8 nitrogen and oxygen atoms in total. The number of fused-ring (bicyclic) bond motifs is 4. The highest BCUT2D eigenvalue weighted by Crippen LogP contribution is 2.64. The Bertz CT molecular complexity index is 1610. The molecule has 2 saturated heterocycles. The van der Waals surface area contributed by atoms with Crippen LogP contribution in [0.5, 0.6) is 11.5 Å². The number of benzene rings is 2. The van der Waals surface area contributed by atoms with Crippen LogP contribution in [0.25, 0.3) is 0 Å². The molecule has 2 aliphatic heterocycles. The number of ether oxygens (including phenoxy) is 1. The molecule has 1 N–H and O–H groups in total. The second kappa shape index (κ2) is 9.29. The van der Waals surface area contributed by atoms with Crippen molar-refractivity contribution in [1.82, 2.24) is 4.90 Å². The molecule has 1 saturated carbocycles. The lowest BCUT2D eigenvalue weighted by Gasteiger charge is -2.49. The average Bonchev–Trinajstić information content (AvgIpc) is 3.26. The maximum Gasteiger partial charge on any atom is 0.573 e. The van der Waals surface area contributed by atoms with E-state index in [1.54, 1.807) is 6.08 Å². The van der Waals surface area contributed by atoms with Gasteiger partial charge in [-0.3, -0.25) is 24.1 Å². The SMILES string of the molecule is CN1C(=O)[C@H]2[C@H](CC=C3[C@H]2C[C@H]2C(=O)N(c4ccc(F)c(Cl)c4)C(=O)[C@@]2(C)[C@H]3c2cc(OC(F)(F)F)ccc2O)C1=O. The number of aromatic hydroxyl groups is 1. The van der Waals surface area contributed by atoms with Gasteiger partial charge in [-0.05, 0) is 62.1 Å². The molecule has 2 aromatic carbocycles. The Hall–Kier alpha value is -3.93. The molecule has 0 bridgehead atoms. The van der Waals surface area contributed by atoms with E-state index in [4.69, 9.17) is 11.6 Å². The van der Waals surface area contributed by atoms with Crippen LogP contribution in [0.4, 0.5) is 23.2 Å². The largest absolute Gasteiger partial charge is 0.573 e. The van der Waals surface area contributed by atoms with Crippen molar-refractivity contribution in [2.24, 2.45) is 29.1 Å². The molecule has 6 rings (SSSR count). The van der Waals surface area contributed by atoms with E-state index >= 15 is 0 Å². The molecule has 42 heavy (non-hydrogen) atoms. The van der Waals surface area contributed by atoms with Crippen LogP contribution in [0.15, 0.2) is 48.0 Å².